The number of fused-ring (bicyclic) bond motifs is 4. The van der Waals surface area contributed by atoms with Gasteiger partial charge in [-0.1, -0.05) is 33.7 Å². The summed E-state index contributed by atoms with van der Waals surface area (Å²) in [6, 6.07) is 12.5. The van der Waals surface area contributed by atoms with Crippen molar-refractivity contribution in [1.29, 1.82) is 0 Å². The molecule has 50 heavy (non-hydrogen) atoms. The van der Waals surface area contributed by atoms with Gasteiger partial charge >= 0.3 is 5.97 Å². The topological polar surface area (TPSA) is 148 Å². The molecule has 2 fully saturated rings. The summed E-state index contributed by atoms with van der Waals surface area (Å²) in [5, 5.41) is 42.4. The summed E-state index contributed by atoms with van der Waals surface area (Å²) < 4.78 is 25.0. The summed E-state index contributed by atoms with van der Waals surface area (Å²) >= 11 is 0. The molecule has 4 bridgehead atoms. The molecule has 7 atom stereocenters. The zero-order chi connectivity index (χ0) is 35.0. The largest absolute Gasteiger partial charge is 0.504 e. The minimum atomic E-state index is -0.549. The highest BCUT2D eigenvalue weighted by Gasteiger charge is 2.38. The van der Waals surface area contributed by atoms with Crippen molar-refractivity contribution < 1.29 is 44.2 Å². The Morgan fingerprint density at radius 3 is 2.72 bits per heavy atom. The van der Waals surface area contributed by atoms with Gasteiger partial charge in [0.15, 0.2) is 23.0 Å². The van der Waals surface area contributed by atoms with Crippen molar-refractivity contribution in [3.8, 4) is 28.7 Å². The molecule has 0 unspecified atom stereocenters. The molecule has 12 heteroatoms. The lowest BCUT2D eigenvalue weighted by Gasteiger charge is -2.39. The number of aromatic nitrogens is 1. The number of hydrogen-bond donors (Lipinski definition) is 4. The van der Waals surface area contributed by atoms with Gasteiger partial charge in [0, 0.05) is 56.2 Å². The number of rotatable bonds is 9. The second-order valence-electron chi connectivity index (χ2n) is 13.6. The molecule has 0 amide bonds. The van der Waals surface area contributed by atoms with Crippen molar-refractivity contribution in [1.82, 2.24) is 4.98 Å². The Bertz CT molecular complexity index is 1580. The normalized spacial score (nSPS) is 27.1. The molecular weight excluding hydrogens is 679 g/mol. The number of benzene rings is 2. The fourth-order valence-corrected chi connectivity index (χ4v) is 10.8. The summed E-state index contributed by atoms with van der Waals surface area (Å²) in [7, 11) is 3.62. The molecule has 3 aromatic rings. The molecule has 1 aliphatic carbocycles. The zero-order valence-corrected chi connectivity index (χ0v) is 29.9. The van der Waals surface area contributed by atoms with E-state index in [1.54, 1.807) is 35.3 Å². The predicted octanol–water partition coefficient (Wildman–Crippen LogP) is 6.91. The third-order valence-electron chi connectivity index (χ3n) is 9.89. The number of aliphatic hydroxyl groups excluding tert-OH is 1. The van der Waals surface area contributed by atoms with E-state index in [0.29, 0.717) is 49.3 Å². The van der Waals surface area contributed by atoms with Crippen molar-refractivity contribution in [2.45, 2.75) is 94.4 Å². The van der Waals surface area contributed by atoms with Crippen LogP contribution >= 0.6 is 21.6 Å². The molecule has 10 nitrogen and oxygen atoms in total. The second-order valence-corrected chi connectivity index (χ2v) is 16.2. The Balaban J connectivity index is 1.26. The van der Waals surface area contributed by atoms with E-state index in [1.807, 2.05) is 35.1 Å². The molecule has 270 valence electrons. The number of pyridine rings is 1. The molecule has 3 aliphatic rings. The lowest BCUT2D eigenvalue weighted by Crippen LogP contribution is -2.39. The van der Waals surface area contributed by atoms with Crippen molar-refractivity contribution in [2.24, 2.45) is 11.8 Å². The molecule has 1 aromatic heterocycles. The van der Waals surface area contributed by atoms with Crippen LogP contribution in [0.5, 0.6) is 28.7 Å². The van der Waals surface area contributed by atoms with Crippen LogP contribution in [0.15, 0.2) is 54.9 Å². The third-order valence-corrected chi connectivity index (χ3v) is 13.0. The average molecular weight is 726 g/mol. The first-order valence-electron chi connectivity index (χ1n) is 17.5. The monoisotopic (exact) mass is 725 g/mol. The number of ether oxygens (including phenoxy) is 4. The maximum Gasteiger partial charge on any atom is 0.302 e. The van der Waals surface area contributed by atoms with Crippen LogP contribution in [0.25, 0.3) is 0 Å². The number of aliphatic hydroxyl groups is 1. The van der Waals surface area contributed by atoms with Gasteiger partial charge in [0.2, 0.25) is 5.75 Å². The fraction of sp³-hybridized carbons (Fsp3) is 0.526. The van der Waals surface area contributed by atoms with Gasteiger partial charge in [0.05, 0.1) is 24.9 Å². The Kier molecular flexibility index (Phi) is 12.6. The summed E-state index contributed by atoms with van der Waals surface area (Å²) in [5.74, 6) is 0.835. The van der Waals surface area contributed by atoms with E-state index in [-0.39, 0.29) is 65.6 Å². The molecule has 2 aliphatic heterocycles. The van der Waals surface area contributed by atoms with Crippen LogP contribution in [-0.4, -0.2) is 73.9 Å². The molecule has 4 N–H and O–H groups in total. The summed E-state index contributed by atoms with van der Waals surface area (Å²) in [4.78, 5) is 16.4. The number of esters is 1. The summed E-state index contributed by atoms with van der Waals surface area (Å²) in [5.41, 5.74) is 2.60. The number of carbonyl (C=O) groups excluding carboxylic acids is 1. The van der Waals surface area contributed by atoms with Crippen LogP contribution in [0, 0.1) is 11.8 Å². The van der Waals surface area contributed by atoms with E-state index < -0.39 is 12.2 Å². The zero-order valence-electron chi connectivity index (χ0n) is 28.3. The molecule has 0 spiro atoms. The lowest BCUT2D eigenvalue weighted by atomic mass is 9.84. The highest BCUT2D eigenvalue weighted by molar-refractivity contribution is 8.76. The lowest BCUT2D eigenvalue weighted by molar-refractivity contribution is -0.163. The number of nitrogens with zero attached hydrogens (tertiary/aromatic N) is 1. The minimum Gasteiger partial charge on any atom is -0.504 e. The van der Waals surface area contributed by atoms with Crippen LogP contribution in [0.4, 0.5) is 0 Å². The molecule has 1 saturated carbocycles. The van der Waals surface area contributed by atoms with Gasteiger partial charge < -0.3 is 39.4 Å². The Morgan fingerprint density at radius 1 is 1.04 bits per heavy atom. The third kappa shape index (κ3) is 9.51. The smallest absolute Gasteiger partial charge is 0.302 e. The fourth-order valence-electron chi connectivity index (χ4n) is 7.39. The first-order chi connectivity index (χ1) is 24.2. The van der Waals surface area contributed by atoms with Gasteiger partial charge in [-0.15, -0.1) is 0 Å². The van der Waals surface area contributed by atoms with Crippen molar-refractivity contribution >= 4 is 27.6 Å². The molecule has 6 rings (SSSR count). The van der Waals surface area contributed by atoms with Crippen LogP contribution in [0.2, 0.25) is 0 Å². The van der Waals surface area contributed by atoms with Crippen molar-refractivity contribution in [3.05, 3.63) is 71.5 Å². The van der Waals surface area contributed by atoms with Gasteiger partial charge in [-0.05, 0) is 97.4 Å². The van der Waals surface area contributed by atoms with E-state index in [2.05, 4.69) is 4.98 Å². The first-order valence-corrected chi connectivity index (χ1v) is 19.9. The maximum absolute atomic E-state index is 12.2. The van der Waals surface area contributed by atoms with Gasteiger partial charge in [-0.2, -0.15) is 0 Å². The standard InChI is InChI=1S/C38H47NO9S2/c1-23(41)46-30-19-33(27-17-32(43)38(44)36(18-27)45-13-10-24-4-3-11-39-21-24)48-34(20-30)28-14-25-7-8-31(42)35(15-25)47-29-6-2-5-26(16-29)37(9-12-40)50-49-22-28/h3-4,7-8,11,15,17-18,21,26,28-30,33-34,37,40,42-44H,2,5-6,9-10,12-14,16,19-20,22H2,1H3/t26-,28-,29+,30-,33+,34-,37-/m1/s1. The van der Waals surface area contributed by atoms with Gasteiger partial charge in [0.25, 0.3) is 0 Å². The highest BCUT2D eigenvalue weighted by atomic mass is 33.1. The summed E-state index contributed by atoms with van der Waals surface area (Å²) in [6.07, 6.45) is 8.90. The highest BCUT2D eigenvalue weighted by Crippen LogP contribution is 2.46. The Hall–Kier alpha value is -3.32. The van der Waals surface area contributed by atoms with Gasteiger partial charge in [0.1, 0.15) is 6.10 Å². The SMILES string of the molecule is CC(=O)O[C@@H]1C[C@@H](c2cc(O)c(O)c(OCCc3cccnc3)c2)O[C@@H]([C@H]2CSS[C@H](CCO)[C@@H]3CCC[C@@H](C3)Oc3cc(ccc3O)C2)C1. The van der Waals surface area contributed by atoms with E-state index in [1.165, 1.54) is 13.0 Å². The quantitative estimate of drug-likeness (QED) is 0.103. The molecule has 0 radical (unpaired) electrons. The van der Waals surface area contributed by atoms with Crippen molar-refractivity contribution in [3.63, 3.8) is 0 Å². The van der Waals surface area contributed by atoms with Crippen LogP contribution in [0.3, 0.4) is 0 Å². The van der Waals surface area contributed by atoms with Crippen LogP contribution in [-0.2, 0) is 27.1 Å². The molecule has 3 heterocycles. The maximum atomic E-state index is 12.2. The van der Waals surface area contributed by atoms with Crippen LogP contribution < -0.4 is 9.47 Å². The molecule has 2 aromatic carbocycles. The van der Waals surface area contributed by atoms with E-state index in [9.17, 15) is 25.2 Å². The Labute approximate surface area is 301 Å². The van der Waals surface area contributed by atoms with E-state index in [0.717, 1.165) is 42.6 Å². The second kappa shape index (κ2) is 17.3. The van der Waals surface area contributed by atoms with Gasteiger partial charge in [-0.25, -0.2) is 0 Å². The van der Waals surface area contributed by atoms with E-state index >= 15 is 0 Å². The predicted molar refractivity (Wildman–Crippen MR) is 193 cm³/mol. The minimum absolute atomic E-state index is 0.0103. The number of phenols is 3. The number of phenolic OH excluding ortho intramolecular Hbond substituents is 3. The number of hydrogen-bond acceptors (Lipinski definition) is 12. The van der Waals surface area contributed by atoms with E-state index in [4.69, 9.17) is 18.9 Å². The molecule has 1 saturated heterocycles. The van der Waals surface area contributed by atoms with Gasteiger partial charge in [-0.3, -0.25) is 9.78 Å². The summed E-state index contributed by atoms with van der Waals surface area (Å²) in [6.45, 7) is 1.79. The Morgan fingerprint density at radius 2 is 1.92 bits per heavy atom. The van der Waals surface area contributed by atoms with Crippen LogP contribution in [0.1, 0.15) is 74.7 Å². The molecular formula is C38H47NO9S2. The average Bonchev–Trinajstić information content (AvgIpc) is 3.11. The number of carbonyl (C=O) groups is 1. The number of aromatic hydroxyl groups is 3. The first kappa shape index (κ1) is 36.5. The van der Waals surface area contributed by atoms with Crippen molar-refractivity contribution in [2.75, 3.05) is 19.0 Å².